The van der Waals surface area contributed by atoms with Crippen molar-refractivity contribution >= 4 is 34.4 Å². The van der Waals surface area contributed by atoms with E-state index in [0.717, 1.165) is 21.9 Å². The van der Waals surface area contributed by atoms with E-state index in [1.165, 1.54) is 0 Å². The minimum absolute atomic E-state index is 0.0832. The van der Waals surface area contributed by atoms with Gasteiger partial charge in [-0.15, -0.1) is 0 Å². The molecule has 0 heterocycles. The molecule has 0 bridgehead atoms. The zero-order valence-corrected chi connectivity index (χ0v) is 23.6. The highest BCUT2D eigenvalue weighted by molar-refractivity contribution is 5.89. The molecule has 0 saturated heterocycles. The van der Waals surface area contributed by atoms with E-state index >= 15 is 0 Å². The van der Waals surface area contributed by atoms with Crippen molar-refractivity contribution in [3.8, 4) is 0 Å². The first kappa shape index (κ1) is 30.3. The van der Waals surface area contributed by atoms with Crippen LogP contribution in [0.5, 0.6) is 0 Å². The van der Waals surface area contributed by atoms with Crippen LogP contribution in [0.2, 0.25) is 0 Å². The highest BCUT2D eigenvalue weighted by Crippen LogP contribution is 2.18. The Balaban J connectivity index is 1.49. The van der Waals surface area contributed by atoms with Crippen molar-refractivity contribution in [3.05, 3.63) is 83.9 Å². The van der Waals surface area contributed by atoms with Crippen molar-refractivity contribution in [2.75, 3.05) is 6.54 Å². The van der Waals surface area contributed by atoms with Crippen molar-refractivity contribution in [2.24, 2.45) is 0 Å². The Morgan fingerprint density at radius 2 is 1.43 bits per heavy atom. The standard InChI is InChI=1S/C32H40N4O4/c1-32(2,3)36-30(39)19-17-27(35-29(38)18-16-23-10-5-4-6-11-23)31(40)33-21-20-28(37)34-22-25-14-9-13-24-12-7-8-15-26(24)25/h4-15,27H,16-22H2,1-3H3,(H,33,40)(H,34,37)(H,35,38)(H,36,39)/t27-/m0/s1. The third-order valence-corrected chi connectivity index (χ3v) is 6.32. The molecule has 0 aliphatic rings. The average Bonchev–Trinajstić information content (AvgIpc) is 2.92. The van der Waals surface area contributed by atoms with E-state index < -0.39 is 17.5 Å². The molecule has 3 aromatic carbocycles. The molecule has 8 heteroatoms. The van der Waals surface area contributed by atoms with Crippen molar-refractivity contribution in [1.82, 2.24) is 21.3 Å². The number of hydrogen-bond donors (Lipinski definition) is 4. The minimum Gasteiger partial charge on any atom is -0.354 e. The van der Waals surface area contributed by atoms with E-state index in [1.807, 2.05) is 93.6 Å². The van der Waals surface area contributed by atoms with E-state index in [1.54, 1.807) is 0 Å². The zero-order chi connectivity index (χ0) is 29.0. The van der Waals surface area contributed by atoms with Gasteiger partial charge in [-0.2, -0.15) is 0 Å². The second-order valence-electron chi connectivity index (χ2n) is 10.9. The van der Waals surface area contributed by atoms with Gasteiger partial charge in [-0.3, -0.25) is 19.2 Å². The molecule has 8 nitrogen and oxygen atoms in total. The van der Waals surface area contributed by atoms with Gasteiger partial charge in [-0.25, -0.2) is 0 Å². The Labute approximate surface area is 236 Å². The quantitative estimate of drug-likeness (QED) is 0.262. The Morgan fingerprint density at radius 3 is 2.17 bits per heavy atom. The SMILES string of the molecule is CC(C)(C)NC(=O)CC[C@H](NC(=O)CCc1ccccc1)C(=O)NCCC(=O)NCc1cccc2ccccc12. The Kier molecular flexibility index (Phi) is 11.2. The fraction of sp³-hybridized carbons (Fsp3) is 0.375. The second kappa shape index (κ2) is 14.8. The largest absolute Gasteiger partial charge is 0.354 e. The zero-order valence-electron chi connectivity index (χ0n) is 23.6. The number of carbonyl (C=O) groups is 4. The van der Waals surface area contributed by atoms with E-state index in [9.17, 15) is 19.2 Å². The Morgan fingerprint density at radius 1 is 0.725 bits per heavy atom. The lowest BCUT2D eigenvalue weighted by Crippen LogP contribution is -2.48. The summed E-state index contributed by atoms with van der Waals surface area (Å²) < 4.78 is 0. The predicted octanol–water partition coefficient (Wildman–Crippen LogP) is 3.77. The number of nitrogens with one attached hydrogen (secondary N) is 4. The van der Waals surface area contributed by atoms with E-state index in [4.69, 9.17) is 0 Å². The maximum Gasteiger partial charge on any atom is 0.242 e. The van der Waals surface area contributed by atoms with Gasteiger partial charge in [0.2, 0.25) is 23.6 Å². The molecule has 3 rings (SSSR count). The van der Waals surface area contributed by atoms with Crippen LogP contribution in [-0.4, -0.2) is 41.8 Å². The van der Waals surface area contributed by atoms with Crippen LogP contribution < -0.4 is 21.3 Å². The van der Waals surface area contributed by atoms with Crippen molar-refractivity contribution in [1.29, 1.82) is 0 Å². The van der Waals surface area contributed by atoms with Crippen LogP contribution in [-0.2, 0) is 32.1 Å². The van der Waals surface area contributed by atoms with Gasteiger partial charge in [0, 0.05) is 37.9 Å². The van der Waals surface area contributed by atoms with E-state index in [-0.39, 0.29) is 49.9 Å². The second-order valence-corrected chi connectivity index (χ2v) is 10.9. The number of amides is 4. The van der Waals surface area contributed by atoms with Gasteiger partial charge < -0.3 is 21.3 Å². The number of benzene rings is 3. The van der Waals surface area contributed by atoms with Crippen LogP contribution in [0.15, 0.2) is 72.8 Å². The summed E-state index contributed by atoms with van der Waals surface area (Å²) in [5, 5.41) is 13.5. The molecule has 0 unspecified atom stereocenters. The van der Waals surface area contributed by atoms with Gasteiger partial charge >= 0.3 is 0 Å². The molecule has 0 fully saturated rings. The maximum atomic E-state index is 13.0. The number of carbonyl (C=O) groups excluding carboxylic acids is 4. The highest BCUT2D eigenvalue weighted by Gasteiger charge is 2.23. The first-order valence-corrected chi connectivity index (χ1v) is 13.8. The van der Waals surface area contributed by atoms with Gasteiger partial charge in [0.25, 0.3) is 0 Å². The monoisotopic (exact) mass is 544 g/mol. The lowest BCUT2D eigenvalue weighted by Gasteiger charge is -2.22. The molecule has 0 aliphatic carbocycles. The number of fused-ring (bicyclic) bond motifs is 1. The Bertz CT molecular complexity index is 1300. The molecule has 0 spiro atoms. The molecule has 1 atom stereocenters. The summed E-state index contributed by atoms with van der Waals surface area (Å²) in [6.45, 7) is 6.14. The minimum atomic E-state index is -0.882. The van der Waals surface area contributed by atoms with E-state index in [2.05, 4.69) is 21.3 Å². The molecular formula is C32H40N4O4. The van der Waals surface area contributed by atoms with Gasteiger partial charge in [0.05, 0.1) is 0 Å². The lowest BCUT2D eigenvalue weighted by molar-refractivity contribution is -0.130. The van der Waals surface area contributed by atoms with E-state index in [0.29, 0.717) is 13.0 Å². The molecule has 212 valence electrons. The summed E-state index contributed by atoms with van der Waals surface area (Å²) in [7, 11) is 0. The molecule has 40 heavy (non-hydrogen) atoms. The van der Waals surface area contributed by atoms with Gasteiger partial charge in [0.1, 0.15) is 6.04 Å². The summed E-state index contributed by atoms with van der Waals surface area (Å²) >= 11 is 0. The van der Waals surface area contributed by atoms with Crippen LogP contribution in [0.4, 0.5) is 0 Å². The molecule has 4 N–H and O–H groups in total. The van der Waals surface area contributed by atoms with Gasteiger partial charge in [0.15, 0.2) is 0 Å². The smallest absolute Gasteiger partial charge is 0.242 e. The van der Waals surface area contributed by atoms with Gasteiger partial charge in [-0.05, 0) is 55.5 Å². The third kappa shape index (κ3) is 10.5. The molecular weight excluding hydrogens is 504 g/mol. The van der Waals surface area contributed by atoms with Crippen LogP contribution >= 0.6 is 0 Å². The maximum absolute atomic E-state index is 13.0. The first-order chi connectivity index (χ1) is 19.1. The summed E-state index contributed by atoms with van der Waals surface area (Å²) in [6, 6.07) is 22.7. The summed E-state index contributed by atoms with van der Waals surface area (Å²) in [4.78, 5) is 50.4. The summed E-state index contributed by atoms with van der Waals surface area (Å²) in [5.74, 6) is -1.08. The fourth-order valence-electron chi connectivity index (χ4n) is 4.35. The molecule has 0 saturated carbocycles. The van der Waals surface area contributed by atoms with Crippen LogP contribution in [0.1, 0.15) is 57.6 Å². The molecule has 3 aromatic rings. The highest BCUT2D eigenvalue weighted by atomic mass is 16.2. The average molecular weight is 545 g/mol. The molecule has 4 amide bonds. The molecule has 0 aliphatic heterocycles. The number of rotatable bonds is 13. The third-order valence-electron chi connectivity index (χ3n) is 6.32. The summed E-state index contributed by atoms with van der Waals surface area (Å²) in [6.07, 6.45) is 1.09. The van der Waals surface area contributed by atoms with Gasteiger partial charge in [-0.1, -0.05) is 72.8 Å². The number of hydrogen-bond acceptors (Lipinski definition) is 4. The number of aryl methyl sites for hydroxylation is 1. The first-order valence-electron chi connectivity index (χ1n) is 13.8. The van der Waals surface area contributed by atoms with Crippen LogP contribution in [0.3, 0.4) is 0 Å². The Hall–Kier alpha value is -4.20. The van der Waals surface area contributed by atoms with Crippen molar-refractivity contribution in [3.63, 3.8) is 0 Å². The molecule has 0 radical (unpaired) electrons. The lowest BCUT2D eigenvalue weighted by atomic mass is 10.0. The molecule has 0 aromatic heterocycles. The normalized spacial score (nSPS) is 11.9. The van der Waals surface area contributed by atoms with Crippen LogP contribution in [0, 0.1) is 0 Å². The topological polar surface area (TPSA) is 116 Å². The van der Waals surface area contributed by atoms with Crippen molar-refractivity contribution < 1.29 is 19.2 Å². The van der Waals surface area contributed by atoms with Crippen molar-refractivity contribution in [2.45, 2.75) is 71.0 Å². The summed E-state index contributed by atoms with van der Waals surface area (Å²) in [5.41, 5.74) is 1.65. The predicted molar refractivity (Wildman–Crippen MR) is 157 cm³/mol. The fourth-order valence-corrected chi connectivity index (χ4v) is 4.35. The van der Waals surface area contributed by atoms with Crippen LogP contribution in [0.25, 0.3) is 10.8 Å².